The van der Waals surface area contributed by atoms with E-state index < -0.39 is 9.84 Å². The van der Waals surface area contributed by atoms with Gasteiger partial charge in [-0.3, -0.25) is 9.69 Å². The minimum Gasteiger partial charge on any atom is -0.306 e. The maximum absolute atomic E-state index is 13.1. The first-order valence-corrected chi connectivity index (χ1v) is 12.1. The number of hydrogen-bond acceptors (Lipinski definition) is 4. The number of anilines is 1. The third-order valence-corrected chi connectivity index (χ3v) is 8.22. The van der Waals surface area contributed by atoms with Crippen LogP contribution >= 0.6 is 0 Å². The van der Waals surface area contributed by atoms with Crippen LogP contribution in [0.25, 0.3) is 0 Å². The fourth-order valence-electron chi connectivity index (χ4n) is 5.08. The number of sulfone groups is 1. The summed E-state index contributed by atoms with van der Waals surface area (Å²) >= 11 is 0. The SMILES string of the molecule is CC(C)c1ccc(N2C(=O)CN(C3CCCCC3)[C@@H]3CS(=O)(=O)C[C@@H]32)cc1. The van der Waals surface area contributed by atoms with Crippen LogP contribution in [0.15, 0.2) is 24.3 Å². The van der Waals surface area contributed by atoms with Crippen LogP contribution in [-0.4, -0.2) is 55.4 Å². The third-order valence-electron chi connectivity index (χ3n) is 6.52. The Morgan fingerprint density at radius 2 is 1.59 bits per heavy atom. The van der Waals surface area contributed by atoms with Crippen molar-refractivity contribution in [1.29, 1.82) is 0 Å². The standard InChI is InChI=1S/C21H30N2O3S/c1-15(2)16-8-10-18(11-9-16)23-20-14-27(25,26)13-19(20)22(12-21(23)24)17-6-4-3-5-7-17/h8-11,15,17,19-20H,3-7,12-14H2,1-2H3/t19-,20+/m1/s1. The highest BCUT2D eigenvalue weighted by Crippen LogP contribution is 2.36. The van der Waals surface area contributed by atoms with E-state index in [1.54, 1.807) is 4.90 Å². The maximum Gasteiger partial charge on any atom is 0.241 e. The smallest absolute Gasteiger partial charge is 0.241 e. The fourth-order valence-corrected chi connectivity index (χ4v) is 7.04. The summed E-state index contributed by atoms with van der Waals surface area (Å²) in [7, 11) is -3.12. The van der Waals surface area contributed by atoms with Crippen LogP contribution in [0.4, 0.5) is 5.69 Å². The van der Waals surface area contributed by atoms with E-state index in [0.29, 0.717) is 18.5 Å². The Hall–Kier alpha value is -1.40. The number of amides is 1. The molecule has 1 aromatic carbocycles. The van der Waals surface area contributed by atoms with Gasteiger partial charge in [0.05, 0.1) is 24.1 Å². The highest BCUT2D eigenvalue weighted by atomic mass is 32.2. The van der Waals surface area contributed by atoms with Gasteiger partial charge in [-0.25, -0.2) is 8.42 Å². The predicted molar refractivity (Wildman–Crippen MR) is 108 cm³/mol. The van der Waals surface area contributed by atoms with Crippen molar-refractivity contribution in [3.05, 3.63) is 29.8 Å². The van der Waals surface area contributed by atoms with Gasteiger partial charge in [0.15, 0.2) is 9.84 Å². The number of benzene rings is 1. The van der Waals surface area contributed by atoms with Gasteiger partial charge in [0, 0.05) is 17.8 Å². The molecule has 1 saturated carbocycles. The second-order valence-electron chi connectivity index (χ2n) is 8.69. The van der Waals surface area contributed by atoms with Crippen LogP contribution < -0.4 is 4.90 Å². The largest absolute Gasteiger partial charge is 0.306 e. The molecule has 27 heavy (non-hydrogen) atoms. The molecule has 0 N–H and O–H groups in total. The molecule has 3 fully saturated rings. The Labute approximate surface area is 162 Å². The molecule has 0 radical (unpaired) electrons. The van der Waals surface area contributed by atoms with Gasteiger partial charge in [0.25, 0.3) is 0 Å². The quantitative estimate of drug-likeness (QED) is 0.796. The van der Waals surface area contributed by atoms with Gasteiger partial charge >= 0.3 is 0 Å². The monoisotopic (exact) mass is 390 g/mol. The summed E-state index contributed by atoms with van der Waals surface area (Å²) in [5.41, 5.74) is 2.06. The molecule has 0 bridgehead atoms. The lowest BCUT2D eigenvalue weighted by atomic mass is 9.90. The Morgan fingerprint density at radius 1 is 0.963 bits per heavy atom. The van der Waals surface area contributed by atoms with Crippen molar-refractivity contribution in [1.82, 2.24) is 4.90 Å². The van der Waals surface area contributed by atoms with Crippen LogP contribution in [0.2, 0.25) is 0 Å². The van der Waals surface area contributed by atoms with E-state index >= 15 is 0 Å². The molecule has 2 saturated heterocycles. The van der Waals surface area contributed by atoms with E-state index in [1.165, 1.54) is 24.8 Å². The molecule has 0 aromatic heterocycles. The maximum atomic E-state index is 13.1. The zero-order chi connectivity index (χ0) is 19.2. The van der Waals surface area contributed by atoms with Crippen molar-refractivity contribution in [2.45, 2.75) is 70.0 Å². The first kappa shape index (κ1) is 18.9. The average molecular weight is 391 g/mol. The van der Waals surface area contributed by atoms with Crippen molar-refractivity contribution in [2.75, 3.05) is 23.0 Å². The van der Waals surface area contributed by atoms with Gasteiger partial charge in [0.2, 0.25) is 5.91 Å². The van der Waals surface area contributed by atoms with Crippen LogP contribution in [0, 0.1) is 0 Å². The summed E-state index contributed by atoms with van der Waals surface area (Å²) in [5, 5.41) is 0. The summed E-state index contributed by atoms with van der Waals surface area (Å²) < 4.78 is 25.0. The summed E-state index contributed by atoms with van der Waals surface area (Å²) in [6.45, 7) is 4.62. The minimum absolute atomic E-state index is 0.0382. The normalized spacial score (nSPS) is 29.3. The third kappa shape index (κ3) is 3.66. The van der Waals surface area contributed by atoms with Crippen molar-refractivity contribution < 1.29 is 13.2 Å². The summed E-state index contributed by atoms with van der Waals surface area (Å²) in [6.07, 6.45) is 5.78. The Kier molecular flexibility index (Phi) is 5.06. The number of hydrogen-bond donors (Lipinski definition) is 0. The van der Waals surface area contributed by atoms with Crippen LogP contribution in [0.5, 0.6) is 0 Å². The minimum atomic E-state index is -3.12. The Morgan fingerprint density at radius 3 is 2.22 bits per heavy atom. The molecule has 1 amide bonds. The molecule has 2 atom stereocenters. The second kappa shape index (κ2) is 7.21. The zero-order valence-corrected chi connectivity index (χ0v) is 17.1. The number of carbonyl (C=O) groups excluding carboxylic acids is 1. The Bertz CT molecular complexity index is 797. The summed E-state index contributed by atoms with van der Waals surface area (Å²) in [6, 6.07) is 8.09. The van der Waals surface area contributed by atoms with Gasteiger partial charge in [-0.15, -0.1) is 0 Å². The average Bonchev–Trinajstić information content (AvgIpc) is 2.96. The number of piperazine rings is 1. The van der Waals surface area contributed by atoms with Gasteiger partial charge in [-0.05, 0) is 36.5 Å². The van der Waals surface area contributed by atoms with Gasteiger partial charge in [-0.2, -0.15) is 0 Å². The lowest BCUT2D eigenvalue weighted by Crippen LogP contribution is -2.64. The van der Waals surface area contributed by atoms with Crippen LogP contribution in [0.3, 0.4) is 0 Å². The van der Waals surface area contributed by atoms with Crippen molar-refractivity contribution in [3.8, 4) is 0 Å². The summed E-state index contributed by atoms with van der Waals surface area (Å²) in [4.78, 5) is 17.1. The number of fused-ring (bicyclic) bond motifs is 1. The molecule has 4 rings (SSSR count). The molecule has 3 aliphatic rings. The van der Waals surface area contributed by atoms with E-state index in [0.717, 1.165) is 18.5 Å². The number of carbonyl (C=O) groups is 1. The molecule has 0 unspecified atom stereocenters. The Balaban J connectivity index is 1.65. The predicted octanol–water partition coefficient (Wildman–Crippen LogP) is 2.96. The van der Waals surface area contributed by atoms with E-state index in [4.69, 9.17) is 0 Å². The highest BCUT2D eigenvalue weighted by molar-refractivity contribution is 7.91. The zero-order valence-electron chi connectivity index (χ0n) is 16.3. The number of rotatable bonds is 3. The molecule has 0 spiro atoms. The van der Waals surface area contributed by atoms with Crippen molar-refractivity contribution >= 4 is 21.4 Å². The van der Waals surface area contributed by atoms with Gasteiger partial charge < -0.3 is 4.90 Å². The van der Waals surface area contributed by atoms with E-state index in [-0.39, 0.29) is 29.5 Å². The highest BCUT2D eigenvalue weighted by Gasteiger charge is 2.51. The molecule has 1 aliphatic carbocycles. The lowest BCUT2D eigenvalue weighted by Gasteiger charge is -2.47. The molecule has 2 aliphatic heterocycles. The van der Waals surface area contributed by atoms with Crippen molar-refractivity contribution in [2.24, 2.45) is 0 Å². The fraction of sp³-hybridized carbons (Fsp3) is 0.667. The topological polar surface area (TPSA) is 57.7 Å². The molecule has 1 aromatic rings. The molecule has 2 heterocycles. The van der Waals surface area contributed by atoms with Crippen LogP contribution in [-0.2, 0) is 14.6 Å². The molecule has 148 valence electrons. The number of nitrogens with zero attached hydrogens (tertiary/aromatic N) is 2. The second-order valence-corrected chi connectivity index (χ2v) is 10.8. The van der Waals surface area contributed by atoms with E-state index in [1.807, 2.05) is 12.1 Å². The molecule has 5 nitrogen and oxygen atoms in total. The van der Waals surface area contributed by atoms with Crippen LogP contribution in [0.1, 0.15) is 57.4 Å². The lowest BCUT2D eigenvalue weighted by molar-refractivity contribution is -0.124. The van der Waals surface area contributed by atoms with Gasteiger partial charge in [0.1, 0.15) is 0 Å². The van der Waals surface area contributed by atoms with E-state index in [9.17, 15) is 13.2 Å². The molecule has 6 heteroatoms. The van der Waals surface area contributed by atoms with Gasteiger partial charge in [-0.1, -0.05) is 45.2 Å². The first-order chi connectivity index (χ1) is 12.9. The first-order valence-electron chi connectivity index (χ1n) is 10.2. The molecular formula is C21H30N2O3S. The van der Waals surface area contributed by atoms with E-state index in [2.05, 4.69) is 30.9 Å². The summed E-state index contributed by atoms with van der Waals surface area (Å²) in [5.74, 6) is 0.731. The van der Waals surface area contributed by atoms with Crippen molar-refractivity contribution in [3.63, 3.8) is 0 Å². The molecular weight excluding hydrogens is 360 g/mol.